The number of carbonyl (C=O) groups is 2. The predicted octanol–water partition coefficient (Wildman–Crippen LogP) is 4.54. The van der Waals surface area contributed by atoms with Gasteiger partial charge in [-0.2, -0.15) is 0 Å². The van der Waals surface area contributed by atoms with Gasteiger partial charge in [0.2, 0.25) is 0 Å². The van der Waals surface area contributed by atoms with Gasteiger partial charge in [0, 0.05) is 28.0 Å². The van der Waals surface area contributed by atoms with Crippen LogP contribution in [0.5, 0.6) is 0 Å². The zero-order valence-electron chi connectivity index (χ0n) is 15.1. The highest BCUT2D eigenvalue weighted by molar-refractivity contribution is 8.00. The van der Waals surface area contributed by atoms with Crippen LogP contribution in [0.25, 0.3) is 0 Å². The first-order valence-corrected chi connectivity index (χ1v) is 9.16. The Morgan fingerprint density at radius 1 is 1.15 bits per heavy atom. The minimum atomic E-state index is -0.965. The highest BCUT2D eigenvalue weighted by Gasteiger charge is 2.19. The number of hydrogen-bond donors (Lipinski definition) is 2. The van der Waals surface area contributed by atoms with Gasteiger partial charge in [0.25, 0.3) is 11.6 Å². The molecule has 0 saturated heterocycles. The molecule has 0 aliphatic carbocycles. The Hall–Kier alpha value is -2.87. The molecule has 2 aromatic rings. The van der Waals surface area contributed by atoms with Crippen LogP contribution in [0.3, 0.4) is 0 Å². The standard InChI is InChI=1S/C19H20N2O5S/c1-11(2)27-17-8-7-15(21(25)26)10-16(17)18(22)20-14-6-4-5-13(9-14)12(3)19(23)24/h4-12H,1-3H3,(H,20,22)(H,23,24). The maximum Gasteiger partial charge on any atom is 0.310 e. The molecule has 27 heavy (non-hydrogen) atoms. The number of thioether (sulfide) groups is 1. The zero-order valence-corrected chi connectivity index (χ0v) is 15.9. The van der Waals surface area contributed by atoms with E-state index in [4.69, 9.17) is 5.11 Å². The number of non-ortho nitro benzene ring substituents is 1. The van der Waals surface area contributed by atoms with Crippen molar-refractivity contribution in [2.24, 2.45) is 0 Å². The number of nitro benzene ring substituents is 1. The molecule has 7 nitrogen and oxygen atoms in total. The second kappa shape index (κ2) is 8.68. The Labute approximate surface area is 160 Å². The summed E-state index contributed by atoms with van der Waals surface area (Å²) in [6.45, 7) is 5.48. The molecule has 1 amide bonds. The van der Waals surface area contributed by atoms with Crippen LogP contribution in [0.2, 0.25) is 0 Å². The van der Waals surface area contributed by atoms with E-state index in [0.717, 1.165) is 0 Å². The second-order valence-corrected chi connectivity index (χ2v) is 7.86. The highest BCUT2D eigenvalue weighted by atomic mass is 32.2. The van der Waals surface area contributed by atoms with Crippen molar-refractivity contribution in [1.82, 2.24) is 0 Å². The molecule has 0 aromatic heterocycles. The van der Waals surface area contributed by atoms with Crippen LogP contribution in [0.1, 0.15) is 42.6 Å². The van der Waals surface area contributed by atoms with Crippen LogP contribution in [-0.2, 0) is 4.79 Å². The summed E-state index contributed by atoms with van der Waals surface area (Å²) in [5.41, 5.74) is 1.02. The number of nitrogens with one attached hydrogen (secondary N) is 1. The third kappa shape index (κ3) is 5.30. The molecule has 0 fully saturated rings. The fourth-order valence-electron chi connectivity index (χ4n) is 2.39. The van der Waals surface area contributed by atoms with Crippen LogP contribution in [0.4, 0.5) is 11.4 Å². The first-order valence-electron chi connectivity index (χ1n) is 8.28. The topological polar surface area (TPSA) is 110 Å². The minimum Gasteiger partial charge on any atom is -0.481 e. The number of rotatable bonds is 7. The number of nitrogens with zero attached hydrogens (tertiary/aromatic N) is 1. The van der Waals surface area contributed by atoms with E-state index >= 15 is 0 Å². The monoisotopic (exact) mass is 388 g/mol. The Bertz CT molecular complexity index is 882. The van der Waals surface area contributed by atoms with Crippen molar-refractivity contribution in [3.8, 4) is 0 Å². The van der Waals surface area contributed by atoms with Crippen LogP contribution in [0.15, 0.2) is 47.4 Å². The van der Waals surface area contributed by atoms with Gasteiger partial charge in [-0.15, -0.1) is 11.8 Å². The predicted molar refractivity (Wildman–Crippen MR) is 105 cm³/mol. The summed E-state index contributed by atoms with van der Waals surface area (Å²) in [7, 11) is 0. The summed E-state index contributed by atoms with van der Waals surface area (Å²) in [6.07, 6.45) is 0. The van der Waals surface area contributed by atoms with Gasteiger partial charge in [-0.05, 0) is 30.7 Å². The van der Waals surface area contributed by atoms with E-state index in [0.29, 0.717) is 16.1 Å². The quantitative estimate of drug-likeness (QED) is 0.409. The van der Waals surface area contributed by atoms with Crippen molar-refractivity contribution in [2.75, 3.05) is 5.32 Å². The molecule has 8 heteroatoms. The summed E-state index contributed by atoms with van der Waals surface area (Å²) in [5.74, 6) is -2.17. The van der Waals surface area contributed by atoms with Gasteiger partial charge in [0.1, 0.15) is 0 Å². The lowest BCUT2D eigenvalue weighted by molar-refractivity contribution is -0.384. The number of nitro groups is 1. The SMILES string of the molecule is CC(C)Sc1ccc([N+](=O)[O-])cc1C(=O)Nc1cccc(C(C)C(=O)O)c1. The van der Waals surface area contributed by atoms with Crippen LogP contribution < -0.4 is 5.32 Å². The van der Waals surface area contributed by atoms with Gasteiger partial charge in [-0.1, -0.05) is 26.0 Å². The molecule has 1 unspecified atom stereocenters. The van der Waals surface area contributed by atoms with E-state index in [9.17, 15) is 19.7 Å². The lowest BCUT2D eigenvalue weighted by Crippen LogP contribution is -2.14. The van der Waals surface area contributed by atoms with Crippen molar-refractivity contribution < 1.29 is 19.6 Å². The molecule has 2 aromatic carbocycles. The number of anilines is 1. The van der Waals surface area contributed by atoms with Gasteiger partial charge in [-0.25, -0.2) is 0 Å². The second-order valence-electron chi connectivity index (χ2n) is 6.24. The number of amides is 1. The lowest BCUT2D eigenvalue weighted by Gasteiger charge is -2.13. The molecule has 0 spiro atoms. The molecule has 142 valence electrons. The number of carbonyl (C=O) groups excluding carboxylic acids is 1. The molecule has 2 rings (SSSR count). The maximum atomic E-state index is 12.7. The Balaban J connectivity index is 2.34. The zero-order chi connectivity index (χ0) is 20.1. The molecular formula is C19H20N2O5S. The number of hydrogen-bond acceptors (Lipinski definition) is 5. The van der Waals surface area contributed by atoms with Crippen molar-refractivity contribution >= 4 is 35.0 Å². The van der Waals surface area contributed by atoms with E-state index in [1.165, 1.54) is 23.9 Å². The van der Waals surface area contributed by atoms with E-state index in [1.54, 1.807) is 37.3 Å². The van der Waals surface area contributed by atoms with Gasteiger partial charge in [0.05, 0.1) is 16.4 Å². The molecule has 0 saturated carbocycles. The summed E-state index contributed by atoms with van der Waals surface area (Å²) in [5, 5.41) is 23.1. The van der Waals surface area contributed by atoms with Crippen LogP contribution in [0, 0.1) is 10.1 Å². The number of carboxylic acid groups (broad SMARTS) is 1. The van der Waals surface area contributed by atoms with E-state index in [2.05, 4.69) is 5.32 Å². The fraction of sp³-hybridized carbons (Fsp3) is 0.263. The smallest absolute Gasteiger partial charge is 0.310 e. The van der Waals surface area contributed by atoms with E-state index < -0.39 is 22.7 Å². The van der Waals surface area contributed by atoms with Gasteiger partial charge < -0.3 is 10.4 Å². The Morgan fingerprint density at radius 2 is 1.85 bits per heavy atom. The van der Waals surface area contributed by atoms with Crippen molar-refractivity contribution in [3.05, 3.63) is 63.7 Å². The average molecular weight is 388 g/mol. The number of benzene rings is 2. The summed E-state index contributed by atoms with van der Waals surface area (Å²) in [4.78, 5) is 35.1. The Morgan fingerprint density at radius 3 is 2.44 bits per heavy atom. The molecule has 2 N–H and O–H groups in total. The minimum absolute atomic E-state index is 0.165. The molecular weight excluding hydrogens is 368 g/mol. The van der Waals surface area contributed by atoms with Gasteiger partial charge in [0.15, 0.2) is 0 Å². The van der Waals surface area contributed by atoms with Crippen molar-refractivity contribution in [2.45, 2.75) is 36.8 Å². The number of carboxylic acids is 1. The van der Waals surface area contributed by atoms with Crippen molar-refractivity contribution in [1.29, 1.82) is 0 Å². The summed E-state index contributed by atoms with van der Waals surface area (Å²) >= 11 is 1.44. The largest absolute Gasteiger partial charge is 0.481 e. The molecule has 0 bridgehead atoms. The highest BCUT2D eigenvalue weighted by Crippen LogP contribution is 2.30. The van der Waals surface area contributed by atoms with Crippen molar-refractivity contribution in [3.63, 3.8) is 0 Å². The maximum absolute atomic E-state index is 12.7. The third-order valence-electron chi connectivity index (χ3n) is 3.80. The molecule has 0 heterocycles. The van der Waals surface area contributed by atoms with Crippen LogP contribution in [-0.4, -0.2) is 27.2 Å². The molecule has 0 aliphatic heterocycles. The number of aliphatic carboxylic acids is 1. The summed E-state index contributed by atoms with van der Waals surface area (Å²) < 4.78 is 0. The average Bonchev–Trinajstić information content (AvgIpc) is 2.60. The normalized spacial score (nSPS) is 11.9. The van der Waals surface area contributed by atoms with E-state index in [1.807, 2.05) is 13.8 Å². The van der Waals surface area contributed by atoms with Gasteiger partial charge >= 0.3 is 5.97 Å². The molecule has 0 radical (unpaired) electrons. The lowest BCUT2D eigenvalue weighted by atomic mass is 10.0. The summed E-state index contributed by atoms with van der Waals surface area (Å²) in [6, 6.07) is 10.7. The first kappa shape index (κ1) is 20.4. The fourth-order valence-corrected chi connectivity index (χ4v) is 3.33. The third-order valence-corrected chi connectivity index (χ3v) is 4.88. The van der Waals surface area contributed by atoms with Gasteiger partial charge in [-0.3, -0.25) is 19.7 Å². The Kier molecular flexibility index (Phi) is 6.57. The molecule has 0 aliphatic rings. The van der Waals surface area contributed by atoms with E-state index in [-0.39, 0.29) is 16.5 Å². The van der Waals surface area contributed by atoms with Crippen LogP contribution >= 0.6 is 11.8 Å². The molecule has 1 atom stereocenters. The first-order chi connectivity index (χ1) is 12.7.